The van der Waals surface area contributed by atoms with Crippen LogP contribution in [0.25, 0.3) is 0 Å². The van der Waals surface area contributed by atoms with Crippen molar-refractivity contribution in [3.8, 4) is 0 Å². The van der Waals surface area contributed by atoms with Gasteiger partial charge in [-0.05, 0) is 25.2 Å². The Morgan fingerprint density at radius 3 is 2.39 bits per heavy atom. The monoisotopic (exact) mass is 272 g/mol. The van der Waals surface area contributed by atoms with Gasteiger partial charge in [0.2, 0.25) is 0 Å². The van der Waals surface area contributed by atoms with Crippen molar-refractivity contribution in [2.45, 2.75) is 58.7 Å². The predicted molar refractivity (Wildman–Crippen MR) is 78.3 cm³/mol. The Kier molecular flexibility index (Phi) is 4.50. The summed E-state index contributed by atoms with van der Waals surface area (Å²) in [4.78, 5) is 2.67. The molecular weight excluding hydrogens is 244 g/mol. The topological polar surface area (TPSA) is 32.3 Å². The minimum atomic E-state index is -0.545. The first-order valence-electron chi connectivity index (χ1n) is 7.22. The number of hydrogen-bond acceptors (Lipinski definition) is 3. The molecule has 2 saturated heterocycles. The van der Waals surface area contributed by atoms with Crippen LogP contribution >= 0.6 is 0 Å². The maximum absolute atomic E-state index is 11.5. The molecule has 4 heteroatoms. The fourth-order valence-electron chi connectivity index (χ4n) is 3.09. The van der Waals surface area contributed by atoms with Crippen LogP contribution in [0.2, 0.25) is 0 Å². The van der Waals surface area contributed by atoms with Crippen LogP contribution in [0.1, 0.15) is 40.5 Å². The van der Waals surface area contributed by atoms with Crippen LogP contribution in [-0.2, 0) is 10.8 Å². The third-order valence-electron chi connectivity index (χ3n) is 4.49. The molecule has 0 spiro atoms. The fraction of sp³-hybridized carbons (Fsp3) is 1.00. The van der Waals surface area contributed by atoms with E-state index in [-0.39, 0.29) is 0 Å². The van der Waals surface area contributed by atoms with Crippen LogP contribution in [0.3, 0.4) is 0 Å². The van der Waals surface area contributed by atoms with E-state index >= 15 is 0 Å². The standard InChI is InChI=1S/C14H28N2OS/c1-11-9-15-13(14(2,3)4)10-16(11)12-5-7-18(17)8-6-12/h11-13,15H,5-10H2,1-4H3. The average molecular weight is 272 g/mol. The van der Waals surface area contributed by atoms with Gasteiger partial charge in [0.05, 0.1) is 0 Å². The number of nitrogens with zero attached hydrogens (tertiary/aromatic N) is 1. The van der Waals surface area contributed by atoms with Crippen LogP contribution in [-0.4, -0.2) is 51.8 Å². The Balaban J connectivity index is 1.99. The van der Waals surface area contributed by atoms with Crippen molar-refractivity contribution in [2.24, 2.45) is 5.41 Å². The first-order valence-corrected chi connectivity index (χ1v) is 8.71. The highest BCUT2D eigenvalue weighted by Gasteiger charge is 2.36. The first kappa shape index (κ1) is 14.5. The lowest BCUT2D eigenvalue weighted by molar-refractivity contribution is 0.0533. The minimum absolute atomic E-state index is 0.315. The smallest absolute Gasteiger partial charge is 0.0249 e. The summed E-state index contributed by atoms with van der Waals surface area (Å²) in [6.07, 6.45) is 2.24. The molecule has 2 unspecified atom stereocenters. The van der Waals surface area contributed by atoms with Gasteiger partial charge in [-0.2, -0.15) is 0 Å². The van der Waals surface area contributed by atoms with Gasteiger partial charge in [0.1, 0.15) is 0 Å². The SMILES string of the molecule is CC1CNC(C(C)(C)C)CN1C1CCS(=O)CC1. The largest absolute Gasteiger partial charge is 0.311 e. The van der Waals surface area contributed by atoms with Crippen LogP contribution in [0.4, 0.5) is 0 Å². The number of hydrogen-bond donors (Lipinski definition) is 1. The summed E-state index contributed by atoms with van der Waals surface area (Å²) in [7, 11) is -0.545. The molecular formula is C14H28N2OS. The molecule has 2 aliphatic rings. The van der Waals surface area contributed by atoms with Gasteiger partial charge in [0, 0.05) is 53.5 Å². The molecule has 0 bridgehead atoms. The Bertz CT molecular complexity index is 303. The van der Waals surface area contributed by atoms with Crippen LogP contribution < -0.4 is 5.32 Å². The van der Waals surface area contributed by atoms with E-state index in [0.29, 0.717) is 23.5 Å². The number of piperazine rings is 1. The van der Waals surface area contributed by atoms with Crippen molar-refractivity contribution in [3.05, 3.63) is 0 Å². The number of nitrogens with one attached hydrogen (secondary N) is 1. The molecule has 0 aromatic carbocycles. The fourth-order valence-corrected chi connectivity index (χ4v) is 4.36. The quantitative estimate of drug-likeness (QED) is 0.787. The molecule has 18 heavy (non-hydrogen) atoms. The van der Waals surface area contributed by atoms with Crippen molar-refractivity contribution in [2.75, 3.05) is 24.6 Å². The highest BCUT2D eigenvalue weighted by atomic mass is 32.2. The Hall–Kier alpha value is 0.0700. The normalized spacial score (nSPS) is 39.8. The van der Waals surface area contributed by atoms with Gasteiger partial charge < -0.3 is 5.32 Å². The van der Waals surface area contributed by atoms with Crippen molar-refractivity contribution >= 4 is 10.8 Å². The van der Waals surface area contributed by atoms with E-state index in [0.717, 1.165) is 37.4 Å². The lowest BCUT2D eigenvalue weighted by Gasteiger charge is -2.48. The van der Waals surface area contributed by atoms with Crippen LogP contribution in [0, 0.1) is 5.41 Å². The molecule has 2 rings (SSSR count). The van der Waals surface area contributed by atoms with Gasteiger partial charge in [-0.25, -0.2) is 0 Å². The third kappa shape index (κ3) is 3.34. The lowest BCUT2D eigenvalue weighted by atomic mass is 9.84. The molecule has 0 radical (unpaired) electrons. The molecule has 2 fully saturated rings. The zero-order valence-electron chi connectivity index (χ0n) is 12.2. The zero-order chi connectivity index (χ0) is 13.3. The van der Waals surface area contributed by atoms with E-state index in [1.165, 1.54) is 0 Å². The molecule has 2 atom stereocenters. The second-order valence-corrected chi connectivity index (χ2v) is 8.65. The van der Waals surface area contributed by atoms with Gasteiger partial charge in [-0.15, -0.1) is 0 Å². The van der Waals surface area contributed by atoms with Crippen molar-refractivity contribution in [1.82, 2.24) is 10.2 Å². The summed E-state index contributed by atoms with van der Waals surface area (Å²) >= 11 is 0. The van der Waals surface area contributed by atoms with Crippen molar-refractivity contribution in [1.29, 1.82) is 0 Å². The Morgan fingerprint density at radius 2 is 1.83 bits per heavy atom. The van der Waals surface area contributed by atoms with Gasteiger partial charge in [-0.1, -0.05) is 20.8 Å². The maximum atomic E-state index is 11.5. The van der Waals surface area contributed by atoms with E-state index in [4.69, 9.17) is 0 Å². The van der Waals surface area contributed by atoms with Crippen LogP contribution in [0.15, 0.2) is 0 Å². The second kappa shape index (κ2) is 5.59. The van der Waals surface area contributed by atoms with Crippen molar-refractivity contribution in [3.63, 3.8) is 0 Å². The minimum Gasteiger partial charge on any atom is -0.311 e. The van der Waals surface area contributed by atoms with Gasteiger partial charge >= 0.3 is 0 Å². The molecule has 0 aromatic rings. The summed E-state index contributed by atoms with van der Waals surface area (Å²) in [5, 5.41) is 3.68. The molecule has 0 aromatic heterocycles. The molecule has 106 valence electrons. The highest BCUT2D eigenvalue weighted by molar-refractivity contribution is 7.85. The maximum Gasteiger partial charge on any atom is 0.0249 e. The molecule has 2 aliphatic heterocycles. The van der Waals surface area contributed by atoms with Gasteiger partial charge in [0.25, 0.3) is 0 Å². The lowest BCUT2D eigenvalue weighted by Crippen LogP contribution is -2.62. The molecule has 0 aliphatic carbocycles. The third-order valence-corrected chi connectivity index (χ3v) is 5.87. The molecule has 3 nitrogen and oxygen atoms in total. The van der Waals surface area contributed by atoms with E-state index in [1.54, 1.807) is 0 Å². The molecule has 0 amide bonds. The second-order valence-electron chi connectivity index (χ2n) is 6.95. The van der Waals surface area contributed by atoms with E-state index in [1.807, 2.05) is 0 Å². The summed E-state index contributed by atoms with van der Waals surface area (Å²) in [6, 6.07) is 1.84. The Labute approximate surface area is 114 Å². The van der Waals surface area contributed by atoms with E-state index in [9.17, 15) is 4.21 Å². The number of rotatable bonds is 1. The van der Waals surface area contributed by atoms with E-state index < -0.39 is 10.8 Å². The molecule has 2 heterocycles. The Morgan fingerprint density at radius 1 is 1.22 bits per heavy atom. The van der Waals surface area contributed by atoms with Crippen LogP contribution in [0.5, 0.6) is 0 Å². The summed E-state index contributed by atoms with van der Waals surface area (Å²) in [6.45, 7) is 11.5. The van der Waals surface area contributed by atoms with Gasteiger partial charge in [-0.3, -0.25) is 9.11 Å². The predicted octanol–water partition coefficient (Wildman–Crippen LogP) is 1.61. The van der Waals surface area contributed by atoms with E-state index in [2.05, 4.69) is 37.9 Å². The highest BCUT2D eigenvalue weighted by Crippen LogP contribution is 2.27. The van der Waals surface area contributed by atoms with Crippen molar-refractivity contribution < 1.29 is 4.21 Å². The molecule has 1 N–H and O–H groups in total. The summed E-state index contributed by atoms with van der Waals surface area (Å²) < 4.78 is 11.5. The molecule has 0 saturated carbocycles. The van der Waals surface area contributed by atoms with Gasteiger partial charge in [0.15, 0.2) is 0 Å². The summed E-state index contributed by atoms with van der Waals surface area (Å²) in [5.74, 6) is 1.81. The first-order chi connectivity index (χ1) is 8.38. The zero-order valence-corrected chi connectivity index (χ0v) is 13.1. The average Bonchev–Trinajstić information content (AvgIpc) is 2.29. The summed E-state index contributed by atoms with van der Waals surface area (Å²) in [5.41, 5.74) is 0.315.